The second-order valence-corrected chi connectivity index (χ2v) is 10.1. The summed E-state index contributed by atoms with van der Waals surface area (Å²) < 4.78 is 10.3. The molecule has 2 aromatic rings. The van der Waals surface area contributed by atoms with Crippen LogP contribution in [0.15, 0.2) is 24.3 Å². The number of amides is 1. The molecule has 4 rings (SSSR count). The molecule has 1 unspecified atom stereocenters. The predicted molar refractivity (Wildman–Crippen MR) is 130 cm³/mol. The summed E-state index contributed by atoms with van der Waals surface area (Å²) in [5.41, 5.74) is 2.85. The van der Waals surface area contributed by atoms with Crippen LogP contribution in [0.3, 0.4) is 0 Å². The Bertz CT molecular complexity index is 998. The zero-order chi connectivity index (χ0) is 23.4. The van der Waals surface area contributed by atoms with Crippen LogP contribution < -0.4 is 10.1 Å². The van der Waals surface area contributed by atoms with Gasteiger partial charge in [-0.25, -0.2) is 4.79 Å². The number of thiophene rings is 1. The molecule has 2 heterocycles. The van der Waals surface area contributed by atoms with E-state index in [1.165, 1.54) is 28.9 Å². The van der Waals surface area contributed by atoms with Crippen molar-refractivity contribution in [3.63, 3.8) is 0 Å². The number of ether oxygens (including phenoxy) is 2. The fourth-order valence-electron chi connectivity index (χ4n) is 4.66. The van der Waals surface area contributed by atoms with Gasteiger partial charge in [0.15, 0.2) is 0 Å². The quantitative estimate of drug-likeness (QED) is 0.624. The molecule has 1 saturated heterocycles. The normalized spacial score (nSPS) is 19.1. The Balaban J connectivity index is 1.32. The number of benzene rings is 1. The van der Waals surface area contributed by atoms with Crippen LogP contribution >= 0.6 is 11.3 Å². The molecule has 1 amide bonds. The summed E-state index contributed by atoms with van der Waals surface area (Å²) in [7, 11) is 3.08. The van der Waals surface area contributed by atoms with Crippen LogP contribution in [-0.2, 0) is 28.9 Å². The first kappa shape index (κ1) is 23.7. The number of nitrogens with one attached hydrogen (secondary N) is 1. The third kappa shape index (κ3) is 5.75. The Morgan fingerprint density at radius 2 is 1.91 bits per heavy atom. The van der Waals surface area contributed by atoms with Crippen molar-refractivity contribution >= 4 is 28.2 Å². The summed E-state index contributed by atoms with van der Waals surface area (Å²) in [6.45, 7) is 6.91. The molecule has 33 heavy (non-hydrogen) atoms. The van der Waals surface area contributed by atoms with Crippen molar-refractivity contribution in [3.8, 4) is 5.75 Å². The SMILES string of the molecule is COC(=O)c1c(NC(=O)CN2CCN(Cc3cccc(OC)c3)CC2)sc2c1CCC(C)C2. The van der Waals surface area contributed by atoms with E-state index >= 15 is 0 Å². The highest BCUT2D eigenvalue weighted by Crippen LogP contribution is 2.40. The molecule has 1 aliphatic heterocycles. The molecule has 0 saturated carbocycles. The van der Waals surface area contributed by atoms with E-state index in [0.717, 1.165) is 63.3 Å². The minimum atomic E-state index is -0.358. The summed E-state index contributed by atoms with van der Waals surface area (Å²) >= 11 is 1.53. The van der Waals surface area contributed by atoms with Crippen LogP contribution in [0.25, 0.3) is 0 Å². The van der Waals surface area contributed by atoms with Crippen LogP contribution in [0.4, 0.5) is 5.00 Å². The molecule has 1 aromatic heterocycles. The molecule has 7 nitrogen and oxygen atoms in total. The Morgan fingerprint density at radius 1 is 1.15 bits per heavy atom. The molecule has 0 radical (unpaired) electrons. The number of piperazine rings is 1. The largest absolute Gasteiger partial charge is 0.497 e. The van der Waals surface area contributed by atoms with Crippen LogP contribution in [0.5, 0.6) is 5.75 Å². The Kier molecular flexibility index (Phi) is 7.67. The number of hydrogen-bond acceptors (Lipinski definition) is 7. The van der Waals surface area contributed by atoms with Crippen molar-refractivity contribution < 1.29 is 19.1 Å². The average Bonchev–Trinajstić information content (AvgIpc) is 3.16. The minimum Gasteiger partial charge on any atom is -0.497 e. The van der Waals surface area contributed by atoms with Gasteiger partial charge >= 0.3 is 5.97 Å². The number of anilines is 1. The van der Waals surface area contributed by atoms with E-state index in [9.17, 15) is 9.59 Å². The van der Waals surface area contributed by atoms with E-state index in [4.69, 9.17) is 9.47 Å². The summed E-state index contributed by atoms with van der Waals surface area (Å²) in [5.74, 6) is 1.04. The third-order valence-corrected chi connectivity index (χ3v) is 7.70. The van der Waals surface area contributed by atoms with Gasteiger partial charge in [0.2, 0.25) is 5.91 Å². The maximum Gasteiger partial charge on any atom is 0.341 e. The molecule has 2 aliphatic rings. The van der Waals surface area contributed by atoms with Gasteiger partial charge in [-0.2, -0.15) is 0 Å². The Hall–Kier alpha value is -2.42. The van der Waals surface area contributed by atoms with Gasteiger partial charge in [-0.1, -0.05) is 19.1 Å². The number of carbonyl (C=O) groups is 2. The molecule has 1 fully saturated rings. The Morgan fingerprint density at radius 3 is 2.64 bits per heavy atom. The van der Waals surface area contributed by atoms with Crippen LogP contribution in [0.2, 0.25) is 0 Å². The molecule has 8 heteroatoms. The van der Waals surface area contributed by atoms with Crippen LogP contribution in [-0.4, -0.2) is 68.6 Å². The number of hydrogen-bond donors (Lipinski definition) is 1. The number of esters is 1. The lowest BCUT2D eigenvalue weighted by molar-refractivity contribution is -0.117. The topological polar surface area (TPSA) is 71.1 Å². The molecular weight excluding hydrogens is 438 g/mol. The fourth-order valence-corrected chi connectivity index (χ4v) is 6.08. The lowest BCUT2D eigenvalue weighted by atomic mass is 9.88. The second kappa shape index (κ2) is 10.7. The van der Waals surface area contributed by atoms with Crippen molar-refractivity contribution in [1.29, 1.82) is 0 Å². The number of carbonyl (C=O) groups excluding carboxylic acids is 2. The molecule has 1 aliphatic carbocycles. The fraction of sp³-hybridized carbons (Fsp3) is 0.520. The van der Waals surface area contributed by atoms with Gasteiger partial charge in [-0.3, -0.25) is 14.6 Å². The highest BCUT2D eigenvalue weighted by atomic mass is 32.1. The molecule has 1 N–H and O–H groups in total. The summed E-state index contributed by atoms with van der Waals surface area (Å²) in [6, 6.07) is 8.15. The first-order valence-corrected chi connectivity index (χ1v) is 12.4. The van der Waals surface area contributed by atoms with Gasteiger partial charge in [0.05, 0.1) is 26.3 Å². The average molecular weight is 472 g/mol. The lowest BCUT2D eigenvalue weighted by Crippen LogP contribution is -2.48. The van der Waals surface area contributed by atoms with Crippen LogP contribution in [0.1, 0.15) is 39.7 Å². The number of rotatable bonds is 7. The van der Waals surface area contributed by atoms with Crippen molar-refractivity contribution in [2.45, 2.75) is 32.7 Å². The molecule has 1 aromatic carbocycles. The van der Waals surface area contributed by atoms with Gasteiger partial charge in [0.1, 0.15) is 10.8 Å². The van der Waals surface area contributed by atoms with E-state index in [-0.39, 0.29) is 11.9 Å². The van der Waals surface area contributed by atoms with E-state index in [1.54, 1.807) is 7.11 Å². The monoisotopic (exact) mass is 471 g/mol. The Labute approximate surface area is 199 Å². The van der Waals surface area contributed by atoms with Crippen molar-refractivity contribution in [2.24, 2.45) is 5.92 Å². The zero-order valence-corrected chi connectivity index (χ0v) is 20.5. The lowest BCUT2D eigenvalue weighted by Gasteiger charge is -2.34. The van der Waals surface area contributed by atoms with Gasteiger partial charge in [-0.15, -0.1) is 11.3 Å². The molecule has 178 valence electrons. The maximum absolute atomic E-state index is 12.8. The highest BCUT2D eigenvalue weighted by Gasteiger charge is 2.29. The van der Waals surface area contributed by atoms with E-state index in [0.29, 0.717) is 23.0 Å². The molecule has 0 spiro atoms. The van der Waals surface area contributed by atoms with Crippen molar-refractivity contribution in [2.75, 3.05) is 52.3 Å². The van der Waals surface area contributed by atoms with E-state index < -0.39 is 0 Å². The second-order valence-electron chi connectivity index (χ2n) is 9.00. The van der Waals surface area contributed by atoms with Crippen LogP contribution in [0, 0.1) is 5.92 Å². The molecular formula is C25H33N3O4S. The highest BCUT2D eigenvalue weighted by molar-refractivity contribution is 7.17. The van der Waals surface area contributed by atoms with Gasteiger partial charge < -0.3 is 14.8 Å². The van der Waals surface area contributed by atoms with E-state index in [2.05, 4.69) is 34.2 Å². The van der Waals surface area contributed by atoms with Gasteiger partial charge in [0.25, 0.3) is 0 Å². The van der Waals surface area contributed by atoms with Crippen molar-refractivity contribution in [1.82, 2.24) is 9.80 Å². The first-order valence-electron chi connectivity index (χ1n) is 11.6. The summed E-state index contributed by atoms with van der Waals surface area (Å²) in [5, 5.41) is 3.66. The summed E-state index contributed by atoms with van der Waals surface area (Å²) in [6.07, 6.45) is 2.87. The molecule has 1 atom stereocenters. The smallest absolute Gasteiger partial charge is 0.341 e. The van der Waals surface area contributed by atoms with Gasteiger partial charge in [0, 0.05) is 37.6 Å². The number of nitrogens with zero attached hydrogens (tertiary/aromatic N) is 2. The maximum atomic E-state index is 12.8. The predicted octanol–water partition coefficient (Wildman–Crippen LogP) is 3.42. The molecule has 0 bridgehead atoms. The number of methoxy groups -OCH3 is 2. The zero-order valence-electron chi connectivity index (χ0n) is 19.7. The number of fused-ring (bicyclic) bond motifs is 1. The van der Waals surface area contributed by atoms with Gasteiger partial charge in [-0.05, 0) is 48.4 Å². The summed E-state index contributed by atoms with van der Waals surface area (Å²) in [4.78, 5) is 31.1. The minimum absolute atomic E-state index is 0.0759. The first-order chi connectivity index (χ1) is 16.0. The standard InChI is InChI=1S/C25H33N3O4S/c1-17-7-8-20-21(13-17)33-24(23(20)25(30)32-3)26-22(29)16-28-11-9-27(10-12-28)15-18-5-4-6-19(14-18)31-2/h4-6,14,17H,7-13,15-16H2,1-3H3,(H,26,29). The van der Waals surface area contributed by atoms with Crippen molar-refractivity contribution in [3.05, 3.63) is 45.8 Å². The third-order valence-electron chi connectivity index (χ3n) is 6.53. The van der Waals surface area contributed by atoms with E-state index in [1.807, 2.05) is 12.1 Å².